The smallest absolute Gasteiger partial charge is 0.225 e. The Bertz CT molecular complexity index is 1570. The molecule has 1 aromatic heterocycles. The van der Waals surface area contributed by atoms with Crippen molar-refractivity contribution < 1.29 is 22.7 Å². The number of sulfone groups is 1. The number of primary amides is 1. The van der Waals surface area contributed by atoms with Crippen LogP contribution in [0.3, 0.4) is 0 Å². The molecule has 1 aliphatic carbocycles. The molecule has 1 aliphatic heterocycles. The number of anilines is 1. The quantitative estimate of drug-likeness (QED) is 0.435. The van der Waals surface area contributed by atoms with Gasteiger partial charge >= 0.3 is 0 Å². The number of hydrogen-bond donors (Lipinski definition) is 2. The van der Waals surface area contributed by atoms with E-state index in [1.165, 1.54) is 12.1 Å². The summed E-state index contributed by atoms with van der Waals surface area (Å²) in [7, 11) is -3.02. The number of nitrogens with two attached hydrogens (primary N) is 1. The highest BCUT2D eigenvalue weighted by Crippen LogP contribution is 2.54. The van der Waals surface area contributed by atoms with Crippen molar-refractivity contribution in [3.05, 3.63) is 65.7 Å². The van der Waals surface area contributed by atoms with Crippen LogP contribution in [0.15, 0.2) is 48.5 Å². The Morgan fingerprint density at radius 3 is 2.37 bits per heavy atom. The first kappa shape index (κ1) is 28.8. The molecule has 2 heterocycles. The van der Waals surface area contributed by atoms with Crippen molar-refractivity contribution in [3.63, 3.8) is 0 Å². The van der Waals surface area contributed by atoms with Crippen LogP contribution in [-0.4, -0.2) is 53.8 Å². The van der Waals surface area contributed by atoms with E-state index in [-0.39, 0.29) is 18.1 Å². The van der Waals surface area contributed by atoms with Crippen molar-refractivity contribution in [1.29, 1.82) is 5.26 Å². The third-order valence-electron chi connectivity index (χ3n) is 8.80. The lowest BCUT2D eigenvalue weighted by molar-refractivity contribution is -0.133. The van der Waals surface area contributed by atoms with E-state index in [2.05, 4.69) is 6.07 Å². The zero-order chi connectivity index (χ0) is 29.4. The first-order chi connectivity index (χ1) is 19.6. The molecule has 5 rings (SSSR count). The van der Waals surface area contributed by atoms with Crippen molar-refractivity contribution in [2.75, 3.05) is 29.5 Å². The molecule has 3 atom stereocenters. The number of nitrogens with zero attached hydrogens (tertiary/aromatic N) is 4. The van der Waals surface area contributed by atoms with Gasteiger partial charge in [0.15, 0.2) is 9.84 Å². The lowest BCUT2D eigenvalue weighted by atomic mass is 9.58. The zero-order valence-corrected chi connectivity index (χ0v) is 23.8. The minimum Gasteiger partial charge on any atom is -0.390 e. The van der Waals surface area contributed by atoms with Crippen LogP contribution < -0.4 is 10.6 Å². The summed E-state index contributed by atoms with van der Waals surface area (Å²) in [6.45, 7) is 2.16. The van der Waals surface area contributed by atoms with Gasteiger partial charge in [0.1, 0.15) is 5.82 Å². The summed E-state index contributed by atoms with van der Waals surface area (Å²) in [5.41, 5.74) is 8.77. The van der Waals surface area contributed by atoms with Gasteiger partial charge in [-0.25, -0.2) is 17.5 Å². The van der Waals surface area contributed by atoms with E-state index >= 15 is 0 Å². The zero-order valence-electron chi connectivity index (χ0n) is 23.0. The van der Waals surface area contributed by atoms with Crippen molar-refractivity contribution in [2.24, 2.45) is 17.1 Å². The van der Waals surface area contributed by atoms with Gasteiger partial charge in [-0.15, -0.1) is 0 Å². The minimum absolute atomic E-state index is 0.103. The molecule has 0 bridgehead atoms. The molecule has 1 saturated carbocycles. The largest absolute Gasteiger partial charge is 0.390 e. The predicted octanol–water partition coefficient (Wildman–Crippen LogP) is 3.69. The molecule has 1 saturated heterocycles. The van der Waals surface area contributed by atoms with Crippen molar-refractivity contribution in [1.82, 2.24) is 9.78 Å². The molecule has 2 aliphatic rings. The van der Waals surface area contributed by atoms with Crippen LogP contribution in [0.2, 0.25) is 0 Å². The Morgan fingerprint density at radius 1 is 1.15 bits per heavy atom. The molecule has 41 heavy (non-hydrogen) atoms. The third kappa shape index (κ3) is 5.22. The number of benzene rings is 2. The number of carbonyl (C=O) groups is 1. The normalized spacial score (nSPS) is 23.1. The third-order valence-corrected chi connectivity index (χ3v) is 10.4. The molecule has 2 fully saturated rings. The summed E-state index contributed by atoms with van der Waals surface area (Å²) in [6, 6.07) is 15.7. The summed E-state index contributed by atoms with van der Waals surface area (Å²) in [5, 5.41) is 25.5. The van der Waals surface area contributed by atoms with Crippen LogP contribution >= 0.6 is 0 Å². The molecule has 0 spiro atoms. The number of amides is 1. The second kappa shape index (κ2) is 11.3. The molecule has 9 nitrogen and oxygen atoms in total. The monoisotopic (exact) mass is 579 g/mol. The lowest BCUT2D eigenvalue weighted by Crippen LogP contribution is -2.48. The number of aromatic nitrogens is 2. The molecule has 2 aromatic carbocycles. The van der Waals surface area contributed by atoms with Crippen LogP contribution in [0.4, 0.5) is 10.1 Å². The molecule has 216 valence electrons. The van der Waals surface area contributed by atoms with E-state index in [9.17, 15) is 28.0 Å². The van der Waals surface area contributed by atoms with Gasteiger partial charge in [-0.2, -0.15) is 10.4 Å². The fourth-order valence-corrected chi connectivity index (χ4v) is 7.70. The average molecular weight is 580 g/mol. The van der Waals surface area contributed by atoms with E-state index in [1.807, 2.05) is 29.2 Å². The summed E-state index contributed by atoms with van der Waals surface area (Å²) >= 11 is 0. The molecule has 0 radical (unpaired) electrons. The second-order valence-corrected chi connectivity index (χ2v) is 13.3. The lowest BCUT2D eigenvalue weighted by Gasteiger charge is -2.43. The summed E-state index contributed by atoms with van der Waals surface area (Å²) < 4.78 is 39.2. The van der Waals surface area contributed by atoms with Gasteiger partial charge in [0.2, 0.25) is 5.91 Å². The molecular formula is C30H34FN5O4S. The van der Waals surface area contributed by atoms with Gasteiger partial charge in [0.25, 0.3) is 0 Å². The Kier molecular flexibility index (Phi) is 7.90. The van der Waals surface area contributed by atoms with E-state index in [4.69, 9.17) is 10.8 Å². The maximum Gasteiger partial charge on any atom is 0.225 e. The van der Waals surface area contributed by atoms with E-state index in [0.717, 1.165) is 24.1 Å². The van der Waals surface area contributed by atoms with Gasteiger partial charge < -0.3 is 15.7 Å². The SMILES string of the molecule is C[C@H](C#N)C1(C(N)=O)CCCCC1c1nn(-c2ccc(F)cc2)c(CO)c1-c1ccc(N2CCS(=O)(=O)CC2)cc1. The first-order valence-electron chi connectivity index (χ1n) is 13.8. The highest BCUT2D eigenvalue weighted by Gasteiger charge is 2.52. The Labute approximate surface area is 239 Å². The van der Waals surface area contributed by atoms with Crippen molar-refractivity contribution in [2.45, 2.75) is 45.1 Å². The average Bonchev–Trinajstić information content (AvgIpc) is 3.36. The van der Waals surface area contributed by atoms with Crippen molar-refractivity contribution >= 4 is 21.4 Å². The van der Waals surface area contributed by atoms with Gasteiger partial charge in [-0.05, 0) is 61.7 Å². The van der Waals surface area contributed by atoms with Crippen LogP contribution in [0.5, 0.6) is 0 Å². The molecule has 11 heteroatoms. The Hall–Kier alpha value is -3.75. The van der Waals surface area contributed by atoms with E-state index in [1.54, 1.807) is 23.7 Å². The number of hydrogen-bond acceptors (Lipinski definition) is 7. The van der Waals surface area contributed by atoms with Gasteiger partial charge in [-0.1, -0.05) is 25.0 Å². The molecular weight excluding hydrogens is 545 g/mol. The van der Waals surface area contributed by atoms with Crippen LogP contribution in [0.1, 0.15) is 49.9 Å². The minimum atomic E-state index is -3.02. The Morgan fingerprint density at radius 2 is 1.78 bits per heavy atom. The predicted molar refractivity (Wildman–Crippen MR) is 153 cm³/mol. The van der Waals surface area contributed by atoms with Crippen LogP contribution in [0.25, 0.3) is 16.8 Å². The maximum absolute atomic E-state index is 13.8. The standard InChI is InChI=1S/C30H34FN5O4S/c1-20(18-32)30(29(33)38)13-3-2-4-25(30)28-27(26(19-37)36(34-28)24-11-7-22(31)8-12-24)21-5-9-23(10-6-21)35-14-16-41(39,40)17-15-35/h5-12,20,25,37H,2-4,13-17,19H2,1H3,(H2,33,38)/t20-,25?,30?/m1/s1. The summed E-state index contributed by atoms with van der Waals surface area (Å²) in [5.74, 6) is -1.88. The molecule has 1 amide bonds. The molecule has 3 aromatic rings. The van der Waals surface area contributed by atoms with Gasteiger partial charge in [-0.3, -0.25) is 4.79 Å². The van der Waals surface area contributed by atoms with Crippen molar-refractivity contribution in [3.8, 4) is 22.9 Å². The number of halogens is 1. The molecule has 2 unspecified atom stereocenters. The fourth-order valence-electron chi connectivity index (χ4n) is 6.50. The highest BCUT2D eigenvalue weighted by atomic mass is 32.2. The maximum atomic E-state index is 13.8. The number of nitriles is 1. The number of aliphatic hydroxyl groups is 1. The Balaban J connectivity index is 1.67. The van der Waals surface area contributed by atoms with Crippen LogP contribution in [0, 0.1) is 28.5 Å². The number of carbonyl (C=O) groups excluding carboxylic acids is 1. The molecule has 3 N–H and O–H groups in total. The topological polar surface area (TPSA) is 142 Å². The highest BCUT2D eigenvalue weighted by molar-refractivity contribution is 7.91. The van der Waals surface area contributed by atoms with E-state index < -0.39 is 38.8 Å². The van der Waals surface area contributed by atoms with Crippen LogP contribution in [-0.2, 0) is 21.2 Å². The number of aliphatic hydroxyl groups excluding tert-OH is 1. The first-order valence-corrected chi connectivity index (χ1v) is 15.7. The van der Waals surface area contributed by atoms with Gasteiger partial charge in [0.05, 0.1) is 52.6 Å². The van der Waals surface area contributed by atoms with E-state index in [0.29, 0.717) is 48.6 Å². The summed E-state index contributed by atoms with van der Waals surface area (Å²) in [4.78, 5) is 15.2. The number of rotatable bonds is 7. The van der Waals surface area contributed by atoms with Gasteiger partial charge in [0, 0.05) is 30.3 Å². The summed E-state index contributed by atoms with van der Waals surface area (Å²) in [6.07, 6.45) is 2.63. The fraction of sp³-hybridized carbons (Fsp3) is 0.433. The second-order valence-electron chi connectivity index (χ2n) is 11.0.